The number of nitrogens with zero attached hydrogens (tertiary/aromatic N) is 1. The molecule has 102 valence electrons. The average Bonchev–Trinajstić information content (AvgIpc) is 2.79. The first-order valence-electron chi connectivity index (χ1n) is 6.32. The van der Waals surface area contributed by atoms with Gasteiger partial charge in [-0.2, -0.15) is 0 Å². The molecule has 0 saturated carbocycles. The van der Waals surface area contributed by atoms with Gasteiger partial charge in [-0.1, -0.05) is 32.9 Å². The standard InChI is InChI=1S/C15H19BrN2S/c1-10-6-5-7-12(13(10)16)17-8-11-9-19-14(18-11)15(2,3)4/h5-7,9,17H,8H2,1-4H3. The average molecular weight is 339 g/mol. The van der Waals surface area contributed by atoms with Crippen molar-refractivity contribution in [1.29, 1.82) is 0 Å². The van der Waals surface area contributed by atoms with Crippen molar-refractivity contribution in [2.45, 2.75) is 39.7 Å². The first kappa shape index (κ1) is 14.5. The molecule has 2 nitrogen and oxygen atoms in total. The molecule has 0 saturated heterocycles. The minimum atomic E-state index is 0.132. The van der Waals surface area contributed by atoms with E-state index < -0.39 is 0 Å². The zero-order valence-corrected chi connectivity index (χ0v) is 14.2. The second-order valence-electron chi connectivity index (χ2n) is 5.68. The van der Waals surface area contributed by atoms with E-state index in [0.29, 0.717) is 0 Å². The molecule has 0 atom stereocenters. The Balaban J connectivity index is 2.07. The molecule has 0 aliphatic rings. The van der Waals surface area contributed by atoms with Crippen LogP contribution in [0.25, 0.3) is 0 Å². The van der Waals surface area contributed by atoms with Crippen LogP contribution < -0.4 is 5.32 Å². The van der Waals surface area contributed by atoms with Crippen LogP contribution in [0.3, 0.4) is 0 Å². The van der Waals surface area contributed by atoms with E-state index in [4.69, 9.17) is 0 Å². The van der Waals surface area contributed by atoms with E-state index in [9.17, 15) is 0 Å². The van der Waals surface area contributed by atoms with Crippen LogP contribution >= 0.6 is 27.3 Å². The van der Waals surface area contributed by atoms with Crippen molar-refractivity contribution in [3.05, 3.63) is 44.3 Å². The Labute approximate surface area is 127 Å². The first-order chi connectivity index (χ1) is 8.88. The summed E-state index contributed by atoms with van der Waals surface area (Å²) in [6, 6.07) is 6.23. The highest BCUT2D eigenvalue weighted by atomic mass is 79.9. The van der Waals surface area contributed by atoms with Crippen molar-refractivity contribution < 1.29 is 0 Å². The van der Waals surface area contributed by atoms with E-state index in [1.807, 2.05) is 0 Å². The number of nitrogens with one attached hydrogen (secondary N) is 1. The predicted octanol–water partition coefficient (Wildman–Crippen LogP) is 5.12. The van der Waals surface area contributed by atoms with Gasteiger partial charge in [0.05, 0.1) is 17.2 Å². The number of halogens is 1. The highest BCUT2D eigenvalue weighted by Crippen LogP contribution is 2.28. The van der Waals surface area contributed by atoms with Gasteiger partial charge in [0, 0.05) is 21.0 Å². The molecule has 0 bridgehead atoms. The number of anilines is 1. The van der Waals surface area contributed by atoms with Crippen molar-refractivity contribution in [1.82, 2.24) is 4.98 Å². The molecule has 1 aromatic carbocycles. The van der Waals surface area contributed by atoms with Crippen molar-refractivity contribution in [2.24, 2.45) is 0 Å². The monoisotopic (exact) mass is 338 g/mol. The third-order valence-corrected chi connectivity index (χ3v) is 5.21. The second-order valence-corrected chi connectivity index (χ2v) is 7.34. The van der Waals surface area contributed by atoms with Gasteiger partial charge in [0.15, 0.2) is 0 Å². The second kappa shape index (κ2) is 5.63. The van der Waals surface area contributed by atoms with Crippen LogP contribution in [-0.2, 0) is 12.0 Å². The highest BCUT2D eigenvalue weighted by molar-refractivity contribution is 9.10. The molecule has 1 N–H and O–H groups in total. The summed E-state index contributed by atoms with van der Waals surface area (Å²) >= 11 is 5.35. The smallest absolute Gasteiger partial charge is 0.0982 e. The van der Waals surface area contributed by atoms with E-state index in [1.165, 1.54) is 10.6 Å². The van der Waals surface area contributed by atoms with Crippen LogP contribution in [0.15, 0.2) is 28.1 Å². The van der Waals surface area contributed by atoms with Crippen LogP contribution in [0.5, 0.6) is 0 Å². The Kier molecular flexibility index (Phi) is 4.31. The lowest BCUT2D eigenvalue weighted by molar-refractivity contribution is 0.583. The maximum Gasteiger partial charge on any atom is 0.0982 e. The fourth-order valence-corrected chi connectivity index (χ4v) is 3.01. The molecule has 0 radical (unpaired) electrons. The van der Waals surface area contributed by atoms with E-state index in [0.717, 1.165) is 22.4 Å². The Bertz CT molecular complexity index is 570. The van der Waals surface area contributed by atoms with Gasteiger partial charge in [0.2, 0.25) is 0 Å². The summed E-state index contributed by atoms with van der Waals surface area (Å²) in [4.78, 5) is 4.69. The van der Waals surface area contributed by atoms with Gasteiger partial charge in [-0.15, -0.1) is 11.3 Å². The molecule has 0 fully saturated rings. The molecule has 2 rings (SSSR count). The molecule has 19 heavy (non-hydrogen) atoms. The largest absolute Gasteiger partial charge is 0.378 e. The lowest BCUT2D eigenvalue weighted by Gasteiger charge is -2.13. The van der Waals surface area contributed by atoms with E-state index in [1.54, 1.807) is 11.3 Å². The zero-order valence-electron chi connectivity index (χ0n) is 11.7. The SMILES string of the molecule is Cc1cccc(NCc2csc(C(C)(C)C)n2)c1Br. The van der Waals surface area contributed by atoms with Gasteiger partial charge >= 0.3 is 0 Å². The van der Waals surface area contributed by atoms with Gasteiger partial charge in [0.25, 0.3) is 0 Å². The minimum absolute atomic E-state index is 0.132. The van der Waals surface area contributed by atoms with Gasteiger partial charge in [-0.25, -0.2) is 4.98 Å². The van der Waals surface area contributed by atoms with E-state index in [2.05, 4.69) is 77.5 Å². The zero-order chi connectivity index (χ0) is 14.0. The molecule has 1 aromatic heterocycles. The molecule has 2 aromatic rings. The van der Waals surface area contributed by atoms with Gasteiger partial charge in [-0.05, 0) is 34.5 Å². The maximum absolute atomic E-state index is 4.69. The predicted molar refractivity (Wildman–Crippen MR) is 87.0 cm³/mol. The summed E-state index contributed by atoms with van der Waals surface area (Å²) in [5.41, 5.74) is 3.58. The Morgan fingerprint density at radius 2 is 2.05 bits per heavy atom. The maximum atomic E-state index is 4.69. The fraction of sp³-hybridized carbons (Fsp3) is 0.400. The minimum Gasteiger partial charge on any atom is -0.378 e. The Morgan fingerprint density at radius 1 is 1.32 bits per heavy atom. The highest BCUT2D eigenvalue weighted by Gasteiger charge is 2.17. The van der Waals surface area contributed by atoms with Crippen molar-refractivity contribution in [2.75, 3.05) is 5.32 Å². The molecular weight excluding hydrogens is 320 g/mol. The molecule has 4 heteroatoms. The number of rotatable bonds is 3. The number of aromatic nitrogens is 1. The summed E-state index contributed by atoms with van der Waals surface area (Å²) in [6.45, 7) is 9.44. The summed E-state index contributed by atoms with van der Waals surface area (Å²) < 4.78 is 1.13. The summed E-state index contributed by atoms with van der Waals surface area (Å²) in [5.74, 6) is 0. The van der Waals surface area contributed by atoms with Gasteiger partial charge in [0.1, 0.15) is 0 Å². The van der Waals surface area contributed by atoms with Crippen molar-refractivity contribution in [3.8, 4) is 0 Å². The quantitative estimate of drug-likeness (QED) is 0.839. The van der Waals surface area contributed by atoms with Crippen LogP contribution in [0, 0.1) is 6.92 Å². The molecule has 0 aliphatic carbocycles. The van der Waals surface area contributed by atoms with Crippen LogP contribution in [-0.4, -0.2) is 4.98 Å². The lowest BCUT2D eigenvalue weighted by atomic mass is 9.98. The lowest BCUT2D eigenvalue weighted by Crippen LogP contribution is -2.11. The summed E-state index contributed by atoms with van der Waals surface area (Å²) in [7, 11) is 0. The topological polar surface area (TPSA) is 24.9 Å². The Morgan fingerprint density at radius 3 is 2.68 bits per heavy atom. The van der Waals surface area contributed by atoms with Crippen molar-refractivity contribution in [3.63, 3.8) is 0 Å². The van der Waals surface area contributed by atoms with Gasteiger partial charge in [-0.3, -0.25) is 0 Å². The molecule has 0 spiro atoms. The summed E-state index contributed by atoms with van der Waals surface area (Å²) in [5, 5.41) is 6.76. The van der Waals surface area contributed by atoms with Crippen LogP contribution in [0.4, 0.5) is 5.69 Å². The first-order valence-corrected chi connectivity index (χ1v) is 7.99. The molecular formula is C15H19BrN2S. The number of aryl methyl sites for hydroxylation is 1. The molecule has 1 heterocycles. The van der Waals surface area contributed by atoms with E-state index >= 15 is 0 Å². The third-order valence-electron chi connectivity index (χ3n) is 2.85. The van der Waals surface area contributed by atoms with Crippen molar-refractivity contribution >= 4 is 33.0 Å². The Hall–Kier alpha value is -0.870. The molecule has 0 aliphatic heterocycles. The van der Waals surface area contributed by atoms with Gasteiger partial charge < -0.3 is 5.32 Å². The molecule has 0 amide bonds. The number of thiazole rings is 1. The van der Waals surface area contributed by atoms with E-state index in [-0.39, 0.29) is 5.41 Å². The van der Waals surface area contributed by atoms with Crippen LogP contribution in [0.2, 0.25) is 0 Å². The summed E-state index contributed by atoms with van der Waals surface area (Å²) in [6.07, 6.45) is 0. The number of hydrogen-bond donors (Lipinski definition) is 1. The third kappa shape index (κ3) is 3.57. The van der Waals surface area contributed by atoms with Crippen LogP contribution in [0.1, 0.15) is 37.0 Å². The number of benzene rings is 1. The molecule has 0 unspecified atom stereocenters. The normalized spacial score (nSPS) is 11.6. The fourth-order valence-electron chi connectivity index (χ4n) is 1.70. The number of hydrogen-bond acceptors (Lipinski definition) is 3.